The molecule has 178 valence electrons. The number of likely N-dealkylation sites (tertiary alicyclic amines) is 1. The van der Waals surface area contributed by atoms with E-state index in [-0.39, 0.29) is 36.5 Å². The van der Waals surface area contributed by atoms with Gasteiger partial charge in [-0.1, -0.05) is 6.92 Å². The maximum Gasteiger partial charge on any atom is 0.309 e. The van der Waals surface area contributed by atoms with Crippen LogP contribution in [0.5, 0.6) is 5.75 Å². The molecule has 2 aliphatic heterocycles. The standard InChI is InChI=1S/C23H34N2O6S/c1-3-19-7-5-6-14-25(19)22(26)17-31-23(27)18-12-15-24(16-13-18)32(28,29)21-10-8-20(9-11-21)30-4-2/h8-11,18-19H,3-7,12-17H2,1-2H3. The van der Waals surface area contributed by atoms with Crippen molar-refractivity contribution in [3.05, 3.63) is 24.3 Å². The fourth-order valence-corrected chi connectivity index (χ4v) is 5.91. The zero-order chi connectivity index (χ0) is 23.1. The van der Waals surface area contributed by atoms with E-state index in [1.807, 2.05) is 11.8 Å². The number of piperidine rings is 2. The third-order valence-corrected chi connectivity index (χ3v) is 8.23. The van der Waals surface area contributed by atoms with Crippen molar-refractivity contribution < 1.29 is 27.5 Å². The van der Waals surface area contributed by atoms with Crippen LogP contribution in [0.25, 0.3) is 0 Å². The van der Waals surface area contributed by atoms with E-state index >= 15 is 0 Å². The van der Waals surface area contributed by atoms with E-state index in [0.29, 0.717) is 25.2 Å². The fraction of sp³-hybridized carbons (Fsp3) is 0.652. The molecule has 2 aliphatic rings. The van der Waals surface area contributed by atoms with Crippen LogP contribution < -0.4 is 4.74 Å². The van der Waals surface area contributed by atoms with Crippen LogP contribution in [0.2, 0.25) is 0 Å². The maximum atomic E-state index is 12.9. The van der Waals surface area contributed by atoms with Gasteiger partial charge in [0.05, 0.1) is 17.4 Å². The summed E-state index contributed by atoms with van der Waals surface area (Å²) in [5.74, 6) is -0.322. The number of amides is 1. The number of carbonyl (C=O) groups is 2. The van der Waals surface area contributed by atoms with Crippen molar-refractivity contribution in [2.75, 3.05) is 32.8 Å². The van der Waals surface area contributed by atoms with Gasteiger partial charge in [-0.2, -0.15) is 4.31 Å². The summed E-state index contributed by atoms with van der Waals surface area (Å²) >= 11 is 0. The lowest BCUT2D eigenvalue weighted by atomic mass is 9.98. The molecule has 0 spiro atoms. The number of nitrogens with zero attached hydrogens (tertiary/aromatic N) is 2. The topological polar surface area (TPSA) is 93.2 Å². The molecule has 0 aromatic heterocycles. The molecule has 9 heteroatoms. The molecule has 2 heterocycles. The van der Waals surface area contributed by atoms with Crippen LogP contribution >= 0.6 is 0 Å². The zero-order valence-electron chi connectivity index (χ0n) is 19.0. The lowest BCUT2D eigenvalue weighted by molar-refractivity contribution is -0.157. The van der Waals surface area contributed by atoms with Crippen molar-refractivity contribution >= 4 is 21.9 Å². The van der Waals surface area contributed by atoms with Crippen molar-refractivity contribution in [3.8, 4) is 5.75 Å². The molecule has 1 atom stereocenters. The second-order valence-electron chi connectivity index (χ2n) is 8.34. The van der Waals surface area contributed by atoms with Gasteiger partial charge in [-0.3, -0.25) is 9.59 Å². The Labute approximate surface area is 190 Å². The fourth-order valence-electron chi connectivity index (χ4n) is 4.44. The molecular weight excluding hydrogens is 432 g/mol. The number of ether oxygens (including phenoxy) is 2. The third kappa shape index (κ3) is 5.81. The summed E-state index contributed by atoms with van der Waals surface area (Å²) in [6.45, 7) is 5.42. The lowest BCUT2D eigenvalue weighted by Gasteiger charge is -2.35. The number of sulfonamides is 1. The van der Waals surface area contributed by atoms with Gasteiger partial charge >= 0.3 is 5.97 Å². The minimum absolute atomic E-state index is 0.139. The number of rotatable bonds is 8. The lowest BCUT2D eigenvalue weighted by Crippen LogP contribution is -2.46. The van der Waals surface area contributed by atoms with Gasteiger partial charge in [0, 0.05) is 25.7 Å². The molecule has 1 amide bonds. The SMILES string of the molecule is CCOc1ccc(S(=O)(=O)N2CCC(C(=O)OCC(=O)N3CCCCC3CC)CC2)cc1. The van der Waals surface area contributed by atoms with E-state index in [2.05, 4.69) is 6.92 Å². The number of hydrogen-bond acceptors (Lipinski definition) is 6. The highest BCUT2D eigenvalue weighted by molar-refractivity contribution is 7.89. The average Bonchev–Trinajstić information content (AvgIpc) is 2.83. The van der Waals surface area contributed by atoms with Crippen molar-refractivity contribution in [1.82, 2.24) is 9.21 Å². The Balaban J connectivity index is 1.49. The van der Waals surface area contributed by atoms with E-state index in [4.69, 9.17) is 9.47 Å². The van der Waals surface area contributed by atoms with Gasteiger partial charge in [-0.25, -0.2) is 8.42 Å². The quantitative estimate of drug-likeness (QED) is 0.547. The van der Waals surface area contributed by atoms with Gasteiger partial charge in [0.25, 0.3) is 5.91 Å². The summed E-state index contributed by atoms with van der Waals surface area (Å²) in [5, 5.41) is 0. The number of carbonyl (C=O) groups excluding carboxylic acids is 2. The average molecular weight is 467 g/mol. The van der Waals surface area contributed by atoms with Crippen LogP contribution in [0.1, 0.15) is 52.4 Å². The molecule has 0 bridgehead atoms. The van der Waals surface area contributed by atoms with Gasteiger partial charge in [0.15, 0.2) is 6.61 Å². The predicted molar refractivity (Wildman–Crippen MR) is 120 cm³/mol. The summed E-state index contributed by atoms with van der Waals surface area (Å²) in [6.07, 6.45) is 4.77. The van der Waals surface area contributed by atoms with E-state index in [1.54, 1.807) is 12.1 Å². The van der Waals surface area contributed by atoms with Gasteiger partial charge < -0.3 is 14.4 Å². The molecule has 0 N–H and O–H groups in total. The highest BCUT2D eigenvalue weighted by Crippen LogP contribution is 2.26. The molecule has 8 nitrogen and oxygen atoms in total. The Morgan fingerprint density at radius 3 is 2.31 bits per heavy atom. The highest BCUT2D eigenvalue weighted by Gasteiger charge is 2.33. The molecule has 3 rings (SSSR count). The summed E-state index contributed by atoms with van der Waals surface area (Å²) in [5.41, 5.74) is 0. The molecule has 0 saturated carbocycles. The first kappa shape index (κ1) is 24.5. The Morgan fingerprint density at radius 1 is 1.00 bits per heavy atom. The summed E-state index contributed by atoms with van der Waals surface area (Å²) in [6, 6.07) is 6.59. The predicted octanol–water partition coefficient (Wildman–Crippen LogP) is 2.82. The third-order valence-electron chi connectivity index (χ3n) is 6.32. The summed E-state index contributed by atoms with van der Waals surface area (Å²) in [7, 11) is -3.63. The van der Waals surface area contributed by atoms with Gasteiger partial charge in [-0.15, -0.1) is 0 Å². The molecule has 32 heavy (non-hydrogen) atoms. The highest BCUT2D eigenvalue weighted by atomic mass is 32.2. The maximum absolute atomic E-state index is 12.9. The zero-order valence-corrected chi connectivity index (χ0v) is 19.8. The molecule has 0 aliphatic carbocycles. The van der Waals surface area contributed by atoms with Crippen LogP contribution in [0.3, 0.4) is 0 Å². The van der Waals surface area contributed by atoms with Crippen LogP contribution in [0.4, 0.5) is 0 Å². The minimum Gasteiger partial charge on any atom is -0.494 e. The molecule has 2 saturated heterocycles. The summed E-state index contributed by atoms with van der Waals surface area (Å²) < 4.78 is 37.9. The van der Waals surface area contributed by atoms with E-state index in [1.165, 1.54) is 16.4 Å². The number of benzene rings is 1. The molecule has 0 radical (unpaired) electrons. The Kier molecular flexibility index (Phi) is 8.53. The monoisotopic (exact) mass is 466 g/mol. The van der Waals surface area contributed by atoms with Gasteiger partial charge in [0.2, 0.25) is 10.0 Å². The molecule has 2 fully saturated rings. The largest absolute Gasteiger partial charge is 0.494 e. The van der Waals surface area contributed by atoms with E-state index in [9.17, 15) is 18.0 Å². The second kappa shape index (κ2) is 11.1. The number of esters is 1. The van der Waals surface area contributed by atoms with Gasteiger partial charge in [0.1, 0.15) is 5.75 Å². The summed E-state index contributed by atoms with van der Waals surface area (Å²) in [4.78, 5) is 27.0. The van der Waals surface area contributed by atoms with Crippen LogP contribution in [0, 0.1) is 5.92 Å². The van der Waals surface area contributed by atoms with Crippen LogP contribution in [-0.4, -0.2) is 68.4 Å². The molecular formula is C23H34N2O6S. The van der Waals surface area contributed by atoms with Crippen molar-refractivity contribution in [1.29, 1.82) is 0 Å². The van der Waals surface area contributed by atoms with E-state index in [0.717, 1.165) is 32.2 Å². The number of hydrogen-bond donors (Lipinski definition) is 0. The smallest absolute Gasteiger partial charge is 0.309 e. The molecule has 1 unspecified atom stereocenters. The van der Waals surface area contributed by atoms with Gasteiger partial charge in [-0.05, 0) is 69.7 Å². The second-order valence-corrected chi connectivity index (χ2v) is 10.3. The molecule has 1 aromatic rings. The van der Waals surface area contributed by atoms with Crippen molar-refractivity contribution in [2.24, 2.45) is 5.92 Å². The van der Waals surface area contributed by atoms with Crippen LogP contribution in [0.15, 0.2) is 29.2 Å². The Hall–Kier alpha value is -2.13. The Morgan fingerprint density at radius 2 is 1.69 bits per heavy atom. The van der Waals surface area contributed by atoms with E-state index < -0.39 is 21.9 Å². The first-order chi connectivity index (χ1) is 15.4. The normalized spacial score (nSPS) is 20.7. The first-order valence-electron chi connectivity index (χ1n) is 11.6. The minimum atomic E-state index is -3.63. The van der Waals surface area contributed by atoms with Crippen LogP contribution in [-0.2, 0) is 24.3 Å². The van der Waals surface area contributed by atoms with Crippen molar-refractivity contribution in [3.63, 3.8) is 0 Å². The Bertz CT molecular complexity index is 878. The first-order valence-corrected chi connectivity index (χ1v) is 13.0. The molecule has 1 aromatic carbocycles. The van der Waals surface area contributed by atoms with Crippen molar-refractivity contribution in [2.45, 2.75) is 63.3 Å².